The lowest BCUT2D eigenvalue weighted by Gasteiger charge is -2.12. The second-order valence-corrected chi connectivity index (χ2v) is 5.22. The smallest absolute Gasteiger partial charge is 0.248 e. The Bertz CT molecular complexity index is 793. The van der Waals surface area contributed by atoms with Gasteiger partial charge in [0.15, 0.2) is 0 Å². The zero-order valence-corrected chi connectivity index (χ0v) is 15.2. The molecule has 0 bridgehead atoms. The van der Waals surface area contributed by atoms with E-state index in [1.54, 1.807) is 43.5 Å². The molecule has 0 aliphatic rings. The van der Waals surface area contributed by atoms with Crippen LogP contribution in [-0.2, 0) is 4.79 Å². The summed E-state index contributed by atoms with van der Waals surface area (Å²) in [6.07, 6.45) is 2.99. The van der Waals surface area contributed by atoms with Crippen LogP contribution in [0.1, 0.15) is 5.56 Å². The minimum Gasteiger partial charge on any atom is -0.496 e. The topological polar surface area (TPSA) is 92.0 Å². The van der Waals surface area contributed by atoms with Gasteiger partial charge in [-0.25, -0.2) is 0 Å². The second-order valence-electron chi connectivity index (χ2n) is 5.22. The van der Waals surface area contributed by atoms with Gasteiger partial charge in [-0.1, -0.05) is 0 Å². The number of amides is 1. The Morgan fingerprint density at radius 3 is 2.04 bits per heavy atom. The molecule has 2 rings (SSSR count). The highest BCUT2D eigenvalue weighted by Gasteiger charge is 2.11. The number of methoxy groups -OCH3 is 4. The molecule has 0 heterocycles. The number of carbonyl (C=O) groups excluding carboxylic acids is 1. The number of nitrogens with two attached hydrogens (primary N) is 1. The van der Waals surface area contributed by atoms with Crippen LogP contribution in [0.5, 0.6) is 23.0 Å². The van der Waals surface area contributed by atoms with Gasteiger partial charge in [0.05, 0.1) is 39.7 Å². The maximum Gasteiger partial charge on any atom is 0.248 e. The number of hydrogen-bond acceptors (Lipinski definition) is 6. The standard InChI is InChI=1S/C19H22N2O5/c1-23-13-10-17(25-3)14(18(11-13)26-4)6-8-19(22)21-12-5-7-16(24-2)15(20)9-12/h5-11H,20H2,1-4H3,(H,21,22)/b8-6+. The van der Waals surface area contributed by atoms with Crippen LogP contribution in [0.15, 0.2) is 36.4 Å². The fraction of sp³-hybridized carbons (Fsp3) is 0.211. The minimum atomic E-state index is -0.325. The van der Waals surface area contributed by atoms with Crippen molar-refractivity contribution in [2.24, 2.45) is 0 Å². The molecule has 2 aromatic rings. The van der Waals surface area contributed by atoms with Gasteiger partial charge >= 0.3 is 0 Å². The van der Waals surface area contributed by atoms with Crippen molar-refractivity contribution in [3.63, 3.8) is 0 Å². The molecule has 3 N–H and O–H groups in total. The lowest BCUT2D eigenvalue weighted by Crippen LogP contribution is -2.08. The predicted octanol–water partition coefficient (Wildman–Crippen LogP) is 2.96. The molecular formula is C19H22N2O5. The fourth-order valence-electron chi connectivity index (χ4n) is 2.35. The van der Waals surface area contributed by atoms with Gasteiger partial charge in [-0.15, -0.1) is 0 Å². The quantitative estimate of drug-likeness (QED) is 0.584. The monoisotopic (exact) mass is 358 g/mol. The van der Waals surface area contributed by atoms with Crippen LogP contribution >= 0.6 is 0 Å². The number of nitrogens with one attached hydrogen (secondary N) is 1. The Morgan fingerprint density at radius 2 is 1.54 bits per heavy atom. The van der Waals surface area contributed by atoms with E-state index in [2.05, 4.69) is 5.32 Å². The molecule has 0 spiro atoms. The van der Waals surface area contributed by atoms with Crippen LogP contribution in [0.3, 0.4) is 0 Å². The molecule has 0 saturated carbocycles. The number of rotatable bonds is 7. The molecule has 0 radical (unpaired) electrons. The van der Waals surface area contributed by atoms with E-state index >= 15 is 0 Å². The van der Waals surface area contributed by atoms with E-state index in [4.69, 9.17) is 24.7 Å². The molecule has 0 unspecified atom stereocenters. The van der Waals surface area contributed by atoms with Crippen molar-refractivity contribution < 1.29 is 23.7 Å². The molecule has 2 aromatic carbocycles. The number of nitrogen functional groups attached to an aromatic ring is 1. The summed E-state index contributed by atoms with van der Waals surface area (Å²) in [7, 11) is 6.15. The van der Waals surface area contributed by atoms with Crippen molar-refractivity contribution in [2.75, 3.05) is 39.5 Å². The van der Waals surface area contributed by atoms with Crippen LogP contribution in [-0.4, -0.2) is 34.3 Å². The van der Waals surface area contributed by atoms with E-state index in [0.29, 0.717) is 39.9 Å². The first-order valence-corrected chi connectivity index (χ1v) is 7.75. The second kappa shape index (κ2) is 8.66. The molecular weight excluding hydrogens is 336 g/mol. The van der Waals surface area contributed by atoms with Crippen LogP contribution in [0, 0.1) is 0 Å². The minimum absolute atomic E-state index is 0.325. The Balaban J connectivity index is 2.21. The highest BCUT2D eigenvalue weighted by atomic mass is 16.5. The molecule has 0 aliphatic carbocycles. The number of anilines is 2. The summed E-state index contributed by atoms with van der Waals surface area (Å²) in [6.45, 7) is 0. The van der Waals surface area contributed by atoms with Gasteiger partial charge in [0, 0.05) is 23.9 Å². The molecule has 0 fully saturated rings. The summed E-state index contributed by atoms with van der Waals surface area (Å²) in [5.74, 6) is 1.87. The molecule has 7 nitrogen and oxygen atoms in total. The first-order valence-electron chi connectivity index (χ1n) is 7.75. The maximum absolute atomic E-state index is 12.2. The van der Waals surface area contributed by atoms with Crippen molar-refractivity contribution in [1.29, 1.82) is 0 Å². The molecule has 0 saturated heterocycles. The van der Waals surface area contributed by atoms with Gasteiger partial charge in [0.25, 0.3) is 0 Å². The van der Waals surface area contributed by atoms with Crippen molar-refractivity contribution in [3.8, 4) is 23.0 Å². The normalized spacial score (nSPS) is 10.5. The van der Waals surface area contributed by atoms with Crippen LogP contribution in [0.25, 0.3) is 6.08 Å². The van der Waals surface area contributed by atoms with E-state index in [1.807, 2.05) is 0 Å². The Morgan fingerprint density at radius 1 is 0.923 bits per heavy atom. The molecule has 0 atom stereocenters. The zero-order chi connectivity index (χ0) is 19.1. The highest BCUT2D eigenvalue weighted by Crippen LogP contribution is 2.35. The first-order chi connectivity index (χ1) is 12.5. The van der Waals surface area contributed by atoms with Gasteiger partial charge in [-0.2, -0.15) is 0 Å². The average molecular weight is 358 g/mol. The molecule has 138 valence electrons. The third-order valence-electron chi connectivity index (χ3n) is 3.65. The summed E-state index contributed by atoms with van der Waals surface area (Å²) in [5, 5.41) is 2.73. The van der Waals surface area contributed by atoms with Gasteiger partial charge in [0.1, 0.15) is 23.0 Å². The van der Waals surface area contributed by atoms with E-state index in [9.17, 15) is 4.79 Å². The highest BCUT2D eigenvalue weighted by molar-refractivity contribution is 6.02. The summed E-state index contributed by atoms with van der Waals surface area (Å²) < 4.78 is 21.0. The molecule has 26 heavy (non-hydrogen) atoms. The molecule has 0 aromatic heterocycles. The van der Waals surface area contributed by atoms with Crippen molar-refractivity contribution >= 4 is 23.4 Å². The lowest BCUT2D eigenvalue weighted by molar-refractivity contribution is -0.111. The van der Waals surface area contributed by atoms with Gasteiger partial charge < -0.3 is 30.0 Å². The predicted molar refractivity (Wildman–Crippen MR) is 101 cm³/mol. The van der Waals surface area contributed by atoms with E-state index in [-0.39, 0.29) is 5.91 Å². The number of carbonyl (C=O) groups is 1. The Kier molecular flexibility index (Phi) is 6.32. The number of benzene rings is 2. The first kappa shape index (κ1) is 19.0. The van der Waals surface area contributed by atoms with Crippen molar-refractivity contribution in [3.05, 3.63) is 42.0 Å². The van der Waals surface area contributed by atoms with E-state index < -0.39 is 0 Å². The van der Waals surface area contributed by atoms with Gasteiger partial charge in [-0.05, 0) is 24.3 Å². The van der Waals surface area contributed by atoms with E-state index in [0.717, 1.165) is 0 Å². The number of ether oxygens (including phenoxy) is 4. The van der Waals surface area contributed by atoms with Crippen LogP contribution in [0.4, 0.5) is 11.4 Å². The largest absolute Gasteiger partial charge is 0.496 e. The van der Waals surface area contributed by atoms with E-state index in [1.165, 1.54) is 27.4 Å². The summed E-state index contributed by atoms with van der Waals surface area (Å²) in [5.41, 5.74) is 7.46. The Hall–Kier alpha value is -3.35. The molecule has 7 heteroatoms. The van der Waals surface area contributed by atoms with Crippen molar-refractivity contribution in [2.45, 2.75) is 0 Å². The molecule has 1 amide bonds. The van der Waals surface area contributed by atoms with Gasteiger partial charge in [0.2, 0.25) is 5.91 Å². The fourth-order valence-corrected chi connectivity index (χ4v) is 2.35. The summed E-state index contributed by atoms with van der Waals surface area (Å²) in [4.78, 5) is 12.2. The van der Waals surface area contributed by atoms with Crippen molar-refractivity contribution in [1.82, 2.24) is 0 Å². The maximum atomic E-state index is 12.2. The third kappa shape index (κ3) is 4.38. The summed E-state index contributed by atoms with van der Waals surface area (Å²) in [6, 6.07) is 8.44. The SMILES string of the molecule is COc1cc(OC)c(/C=C/C(=O)Nc2ccc(OC)c(N)c2)c(OC)c1. The summed E-state index contributed by atoms with van der Waals surface area (Å²) >= 11 is 0. The third-order valence-corrected chi connectivity index (χ3v) is 3.65. The average Bonchev–Trinajstić information content (AvgIpc) is 2.65. The lowest BCUT2D eigenvalue weighted by atomic mass is 10.1. The van der Waals surface area contributed by atoms with Gasteiger partial charge in [-0.3, -0.25) is 4.79 Å². The Labute approximate surface area is 152 Å². The van der Waals surface area contributed by atoms with Crippen LogP contribution in [0.2, 0.25) is 0 Å². The van der Waals surface area contributed by atoms with Crippen LogP contribution < -0.4 is 30.0 Å². The number of hydrogen-bond donors (Lipinski definition) is 2. The molecule has 0 aliphatic heterocycles. The zero-order valence-electron chi connectivity index (χ0n) is 15.2.